The van der Waals surface area contributed by atoms with E-state index in [1.165, 1.54) is 218 Å². The van der Waals surface area contributed by atoms with Crippen LogP contribution in [0.5, 0.6) is 0 Å². The lowest BCUT2D eigenvalue weighted by Crippen LogP contribution is -2.30. The van der Waals surface area contributed by atoms with Crippen LogP contribution >= 0.6 is 15.6 Å². The van der Waals surface area contributed by atoms with Crippen LogP contribution in [-0.2, 0) is 65.4 Å². The summed E-state index contributed by atoms with van der Waals surface area (Å²) in [4.78, 5) is 73.0. The van der Waals surface area contributed by atoms with E-state index in [0.29, 0.717) is 25.7 Å². The second kappa shape index (κ2) is 71.0. The smallest absolute Gasteiger partial charge is 0.462 e. The lowest BCUT2D eigenvalue weighted by Gasteiger charge is -2.21. The van der Waals surface area contributed by atoms with Crippen LogP contribution in [0.2, 0.25) is 0 Å². The molecular formula is C82H160O17P2. The van der Waals surface area contributed by atoms with E-state index in [1.807, 2.05) is 0 Å². The van der Waals surface area contributed by atoms with E-state index in [2.05, 4.69) is 55.4 Å². The number of aliphatic hydroxyl groups excluding tert-OH is 1. The highest BCUT2D eigenvalue weighted by Gasteiger charge is 2.30. The molecule has 0 aliphatic carbocycles. The predicted octanol–water partition coefficient (Wildman–Crippen LogP) is 24.4. The van der Waals surface area contributed by atoms with E-state index in [0.717, 1.165) is 120 Å². The van der Waals surface area contributed by atoms with Crippen LogP contribution in [0.1, 0.15) is 421 Å². The predicted molar refractivity (Wildman–Crippen MR) is 414 cm³/mol. The normalized spacial score (nSPS) is 14.8. The number of esters is 4. The zero-order valence-corrected chi connectivity index (χ0v) is 68.3. The van der Waals surface area contributed by atoms with Crippen molar-refractivity contribution in [3.05, 3.63) is 0 Å². The summed E-state index contributed by atoms with van der Waals surface area (Å²) in [6.45, 7) is 14.3. The van der Waals surface area contributed by atoms with E-state index in [1.54, 1.807) is 0 Å². The van der Waals surface area contributed by atoms with Crippen molar-refractivity contribution in [2.45, 2.75) is 440 Å². The number of hydrogen-bond acceptors (Lipinski definition) is 15. The Bertz CT molecular complexity index is 1980. The zero-order chi connectivity index (χ0) is 74.6. The number of ether oxygens (including phenoxy) is 4. The molecule has 0 aliphatic rings. The van der Waals surface area contributed by atoms with Crippen LogP contribution in [0.4, 0.5) is 0 Å². The molecule has 0 spiro atoms. The maximum atomic E-state index is 13.1. The van der Waals surface area contributed by atoms with Crippen LogP contribution < -0.4 is 0 Å². The van der Waals surface area contributed by atoms with Gasteiger partial charge >= 0.3 is 39.5 Å². The number of aliphatic hydroxyl groups is 1. The van der Waals surface area contributed by atoms with Gasteiger partial charge in [-0.25, -0.2) is 9.13 Å². The van der Waals surface area contributed by atoms with Gasteiger partial charge in [-0.05, 0) is 49.4 Å². The minimum Gasteiger partial charge on any atom is -0.462 e. The summed E-state index contributed by atoms with van der Waals surface area (Å²) in [6.07, 6.45) is 58.3. The third-order valence-corrected chi connectivity index (χ3v) is 22.1. The van der Waals surface area contributed by atoms with Crippen LogP contribution in [0.15, 0.2) is 0 Å². The van der Waals surface area contributed by atoms with Gasteiger partial charge in [0.15, 0.2) is 12.2 Å². The molecule has 17 nitrogen and oxygen atoms in total. The SMILES string of the molecule is CCC(C)CCCCCCCCCCCCCCCCCCCCC(=O)O[C@H](COC(=O)CCCCCCCCC(C)CC)COP(=O)(O)OC[C@H](O)COP(=O)(O)OC[C@@H](COC(=O)CCCCCCCCCCC(C)CC)OC(=O)CCCCCCCCCCCCCCCCC(C)C. The highest BCUT2D eigenvalue weighted by molar-refractivity contribution is 7.47. The molecule has 0 bridgehead atoms. The highest BCUT2D eigenvalue weighted by atomic mass is 31.2. The zero-order valence-electron chi connectivity index (χ0n) is 66.5. The van der Waals surface area contributed by atoms with Crippen LogP contribution in [0.3, 0.4) is 0 Å². The number of phosphoric acid groups is 2. The summed E-state index contributed by atoms with van der Waals surface area (Å²) in [7, 11) is -9.92. The highest BCUT2D eigenvalue weighted by Crippen LogP contribution is 2.45. The first-order chi connectivity index (χ1) is 48.7. The lowest BCUT2D eigenvalue weighted by molar-refractivity contribution is -0.161. The van der Waals surface area contributed by atoms with Crippen molar-refractivity contribution in [1.29, 1.82) is 0 Å². The molecule has 0 heterocycles. The first-order valence-electron chi connectivity index (χ1n) is 42.3. The van der Waals surface area contributed by atoms with Crippen LogP contribution in [0, 0.1) is 23.7 Å². The number of rotatable bonds is 79. The molecule has 5 unspecified atom stereocenters. The van der Waals surface area contributed by atoms with Gasteiger partial charge < -0.3 is 33.8 Å². The quantitative estimate of drug-likeness (QED) is 0.0222. The molecule has 600 valence electrons. The Morgan fingerprint density at radius 2 is 0.475 bits per heavy atom. The number of carbonyl (C=O) groups excluding carboxylic acids is 4. The molecule has 0 saturated carbocycles. The molecular weight excluding hydrogens is 1320 g/mol. The molecule has 101 heavy (non-hydrogen) atoms. The van der Waals surface area contributed by atoms with Crippen molar-refractivity contribution in [3.63, 3.8) is 0 Å². The van der Waals surface area contributed by atoms with E-state index in [4.69, 9.17) is 37.0 Å². The molecule has 19 heteroatoms. The number of phosphoric ester groups is 2. The topological polar surface area (TPSA) is 237 Å². The van der Waals surface area contributed by atoms with E-state index in [9.17, 15) is 43.2 Å². The van der Waals surface area contributed by atoms with Crippen molar-refractivity contribution in [3.8, 4) is 0 Å². The monoisotopic (exact) mass is 1480 g/mol. The third-order valence-electron chi connectivity index (χ3n) is 20.2. The Hall–Kier alpha value is -1.94. The molecule has 0 aromatic heterocycles. The minimum atomic E-state index is -4.96. The number of carbonyl (C=O) groups is 4. The van der Waals surface area contributed by atoms with Crippen molar-refractivity contribution < 1.29 is 80.2 Å². The maximum absolute atomic E-state index is 13.1. The van der Waals surface area contributed by atoms with Crippen molar-refractivity contribution in [2.75, 3.05) is 39.6 Å². The molecule has 0 aliphatic heterocycles. The Balaban J connectivity index is 5.19. The number of unbranched alkanes of at least 4 members (excludes halogenated alkanes) is 42. The third kappa shape index (κ3) is 72.1. The maximum Gasteiger partial charge on any atom is 0.472 e. The molecule has 0 rings (SSSR count). The molecule has 8 atom stereocenters. The Morgan fingerprint density at radius 3 is 0.703 bits per heavy atom. The van der Waals surface area contributed by atoms with Gasteiger partial charge in [0.05, 0.1) is 26.4 Å². The summed E-state index contributed by atoms with van der Waals surface area (Å²) in [5.41, 5.74) is 0. The molecule has 0 aromatic carbocycles. The van der Waals surface area contributed by atoms with Gasteiger partial charge in [-0.2, -0.15) is 0 Å². The van der Waals surface area contributed by atoms with Gasteiger partial charge in [-0.15, -0.1) is 0 Å². The fraction of sp³-hybridized carbons (Fsp3) is 0.951. The Labute approximate surface area is 619 Å². The standard InChI is InChI=1S/C82H160O17P2/c1-9-73(6)59-51-43-35-29-25-21-16-14-12-13-15-17-22-26-30-38-48-56-65-82(87)99-78(69-93-80(85)63-55-47-41-40-45-53-61-75(8)11-3)71-97-101(90,91)95-67-76(83)66-94-100(88,89)96-70-77(68-92-79(84)62-54-46-37-33-32-36-44-52-60-74(7)10-2)98-81(86)64-57-49-39-31-27-23-19-18-20-24-28-34-42-50-58-72(4)5/h72-78,83H,9-71H2,1-8H3,(H,88,89)(H,90,91)/t73?,74?,75?,76-,77-,78-/m1/s1. The Morgan fingerprint density at radius 1 is 0.277 bits per heavy atom. The summed E-state index contributed by atoms with van der Waals surface area (Å²) >= 11 is 0. The van der Waals surface area contributed by atoms with Gasteiger partial charge in [0, 0.05) is 25.7 Å². The molecule has 0 saturated heterocycles. The second-order valence-corrected chi connectivity index (χ2v) is 33.6. The fourth-order valence-electron chi connectivity index (χ4n) is 12.5. The fourth-order valence-corrected chi connectivity index (χ4v) is 14.1. The van der Waals surface area contributed by atoms with Gasteiger partial charge in [0.1, 0.15) is 19.3 Å². The molecule has 0 amide bonds. The van der Waals surface area contributed by atoms with Crippen molar-refractivity contribution in [1.82, 2.24) is 0 Å². The minimum absolute atomic E-state index is 0.107. The van der Waals surface area contributed by atoms with Gasteiger partial charge in [-0.1, -0.05) is 370 Å². The molecule has 0 fully saturated rings. The van der Waals surface area contributed by atoms with Crippen molar-refractivity contribution >= 4 is 39.5 Å². The average molecular weight is 1480 g/mol. The van der Waals surface area contributed by atoms with Gasteiger partial charge in [0.2, 0.25) is 0 Å². The van der Waals surface area contributed by atoms with E-state index >= 15 is 0 Å². The molecule has 3 N–H and O–H groups in total. The summed E-state index contributed by atoms with van der Waals surface area (Å²) in [6, 6.07) is 0. The van der Waals surface area contributed by atoms with E-state index in [-0.39, 0.29) is 25.7 Å². The summed E-state index contributed by atoms with van der Waals surface area (Å²) in [5, 5.41) is 10.6. The van der Waals surface area contributed by atoms with Crippen LogP contribution in [0.25, 0.3) is 0 Å². The Kier molecular flexibility index (Phi) is 69.6. The molecule has 0 aromatic rings. The second-order valence-electron chi connectivity index (χ2n) is 30.7. The van der Waals surface area contributed by atoms with Crippen LogP contribution in [-0.4, -0.2) is 96.7 Å². The van der Waals surface area contributed by atoms with E-state index < -0.39 is 97.5 Å². The van der Waals surface area contributed by atoms with Crippen molar-refractivity contribution in [2.24, 2.45) is 23.7 Å². The largest absolute Gasteiger partial charge is 0.472 e. The lowest BCUT2D eigenvalue weighted by atomic mass is 9.99. The average Bonchev–Trinajstić information content (AvgIpc) is 0.933. The summed E-state index contributed by atoms with van der Waals surface area (Å²) in [5.74, 6) is 1.06. The van der Waals surface area contributed by atoms with Gasteiger partial charge in [0.25, 0.3) is 0 Å². The number of hydrogen-bond donors (Lipinski definition) is 3. The first kappa shape index (κ1) is 99.1. The first-order valence-corrected chi connectivity index (χ1v) is 45.3. The molecule has 0 radical (unpaired) electrons. The van der Waals surface area contributed by atoms with Gasteiger partial charge in [-0.3, -0.25) is 37.3 Å². The summed E-state index contributed by atoms with van der Waals surface area (Å²) < 4.78 is 68.7.